The first-order valence-corrected chi connectivity index (χ1v) is 6.71. The second kappa shape index (κ2) is 6.76. The second-order valence-corrected chi connectivity index (χ2v) is 5.17. The standard InChI is InChI=1S/C14H19F2N3O/c1-19(8-11-3-2-6-17-11)9-14(20)18-10-4-5-12(15)13(16)7-10/h4-5,7,11,17H,2-3,6,8-9H2,1H3,(H,18,20). The predicted octanol–water partition coefficient (Wildman–Crippen LogP) is 1.59. The average molecular weight is 283 g/mol. The van der Waals surface area contributed by atoms with Crippen LogP contribution in [-0.4, -0.2) is 43.5 Å². The van der Waals surface area contributed by atoms with E-state index in [1.54, 1.807) is 0 Å². The Morgan fingerprint density at radius 1 is 1.45 bits per heavy atom. The fraction of sp³-hybridized carbons (Fsp3) is 0.500. The number of hydrogen-bond acceptors (Lipinski definition) is 3. The molecule has 0 aromatic heterocycles. The fourth-order valence-electron chi connectivity index (χ4n) is 2.37. The Morgan fingerprint density at radius 3 is 2.90 bits per heavy atom. The van der Waals surface area contributed by atoms with Gasteiger partial charge in [0.25, 0.3) is 0 Å². The van der Waals surface area contributed by atoms with E-state index < -0.39 is 11.6 Å². The number of nitrogens with zero attached hydrogens (tertiary/aromatic N) is 1. The molecule has 1 fully saturated rings. The molecule has 0 saturated carbocycles. The van der Waals surface area contributed by atoms with Crippen molar-refractivity contribution in [2.24, 2.45) is 0 Å². The molecule has 0 spiro atoms. The predicted molar refractivity (Wildman–Crippen MR) is 73.5 cm³/mol. The maximum absolute atomic E-state index is 13.0. The Bertz CT molecular complexity index is 475. The highest BCUT2D eigenvalue weighted by Gasteiger charge is 2.17. The summed E-state index contributed by atoms with van der Waals surface area (Å²) in [5.41, 5.74) is 0.265. The molecule has 1 amide bonds. The van der Waals surface area contributed by atoms with E-state index in [0.29, 0.717) is 6.04 Å². The van der Waals surface area contributed by atoms with Crippen LogP contribution < -0.4 is 10.6 Å². The van der Waals surface area contributed by atoms with Crippen LogP contribution >= 0.6 is 0 Å². The molecule has 110 valence electrons. The van der Waals surface area contributed by atoms with Gasteiger partial charge in [-0.3, -0.25) is 9.69 Å². The highest BCUT2D eigenvalue weighted by molar-refractivity contribution is 5.92. The molecule has 0 radical (unpaired) electrons. The molecule has 2 N–H and O–H groups in total. The number of halogens is 2. The van der Waals surface area contributed by atoms with Crippen molar-refractivity contribution >= 4 is 11.6 Å². The first kappa shape index (κ1) is 14.9. The van der Waals surface area contributed by atoms with Crippen LogP contribution in [0.3, 0.4) is 0 Å². The molecule has 6 heteroatoms. The number of anilines is 1. The molecule has 1 aromatic rings. The minimum Gasteiger partial charge on any atom is -0.325 e. The van der Waals surface area contributed by atoms with Crippen molar-refractivity contribution in [1.29, 1.82) is 0 Å². The molecule has 1 aliphatic heterocycles. The monoisotopic (exact) mass is 283 g/mol. The molecule has 20 heavy (non-hydrogen) atoms. The van der Waals surface area contributed by atoms with E-state index >= 15 is 0 Å². The lowest BCUT2D eigenvalue weighted by Crippen LogP contribution is -2.39. The Hall–Kier alpha value is -1.53. The Kier molecular flexibility index (Phi) is 5.03. The van der Waals surface area contributed by atoms with E-state index in [1.165, 1.54) is 12.5 Å². The molecule has 1 heterocycles. The summed E-state index contributed by atoms with van der Waals surface area (Å²) in [6, 6.07) is 3.74. The third-order valence-electron chi connectivity index (χ3n) is 3.31. The summed E-state index contributed by atoms with van der Waals surface area (Å²) in [4.78, 5) is 13.7. The minimum atomic E-state index is -0.966. The second-order valence-electron chi connectivity index (χ2n) is 5.17. The summed E-state index contributed by atoms with van der Waals surface area (Å²) in [5, 5.41) is 5.92. The van der Waals surface area contributed by atoms with Crippen LogP contribution in [0.5, 0.6) is 0 Å². The van der Waals surface area contributed by atoms with Crippen molar-refractivity contribution in [2.45, 2.75) is 18.9 Å². The SMILES string of the molecule is CN(CC(=O)Nc1ccc(F)c(F)c1)CC1CCCN1. The van der Waals surface area contributed by atoms with Gasteiger partial charge in [0.15, 0.2) is 11.6 Å². The summed E-state index contributed by atoms with van der Waals surface area (Å²) in [6.45, 7) is 2.04. The van der Waals surface area contributed by atoms with Gasteiger partial charge in [0.1, 0.15) is 0 Å². The highest BCUT2D eigenvalue weighted by Crippen LogP contribution is 2.13. The zero-order valence-electron chi connectivity index (χ0n) is 11.5. The molecule has 1 aromatic carbocycles. The van der Waals surface area contributed by atoms with Gasteiger partial charge in [-0.25, -0.2) is 8.78 Å². The van der Waals surface area contributed by atoms with Crippen LogP contribution in [0, 0.1) is 11.6 Å². The van der Waals surface area contributed by atoms with Gasteiger partial charge < -0.3 is 10.6 Å². The molecule has 0 bridgehead atoms. The lowest BCUT2D eigenvalue weighted by molar-refractivity contribution is -0.117. The molecular weight excluding hydrogens is 264 g/mol. The number of rotatable bonds is 5. The number of carbonyl (C=O) groups is 1. The number of hydrogen-bond donors (Lipinski definition) is 2. The average Bonchev–Trinajstić information content (AvgIpc) is 2.86. The summed E-state index contributed by atoms with van der Waals surface area (Å²) in [7, 11) is 1.87. The number of likely N-dealkylation sites (N-methyl/N-ethyl adjacent to an activating group) is 1. The van der Waals surface area contributed by atoms with Crippen molar-refractivity contribution in [3.05, 3.63) is 29.8 Å². The normalized spacial score (nSPS) is 18.5. The summed E-state index contributed by atoms with van der Waals surface area (Å²) >= 11 is 0. The zero-order chi connectivity index (χ0) is 14.5. The van der Waals surface area contributed by atoms with Crippen LogP contribution in [0.15, 0.2) is 18.2 Å². The van der Waals surface area contributed by atoms with E-state index in [2.05, 4.69) is 10.6 Å². The molecule has 1 saturated heterocycles. The Morgan fingerprint density at radius 2 is 2.25 bits per heavy atom. The maximum Gasteiger partial charge on any atom is 0.238 e. The third-order valence-corrected chi connectivity index (χ3v) is 3.31. The van der Waals surface area contributed by atoms with Crippen LogP contribution in [0.1, 0.15) is 12.8 Å². The highest BCUT2D eigenvalue weighted by atomic mass is 19.2. The van der Waals surface area contributed by atoms with Crippen molar-refractivity contribution in [3.8, 4) is 0 Å². The Labute approximate surface area is 117 Å². The summed E-state index contributed by atoms with van der Waals surface area (Å²) in [6.07, 6.45) is 2.29. The van der Waals surface area contributed by atoms with Gasteiger partial charge in [-0.2, -0.15) is 0 Å². The first-order valence-electron chi connectivity index (χ1n) is 6.71. The molecular formula is C14H19F2N3O. The van der Waals surface area contributed by atoms with Gasteiger partial charge in [0, 0.05) is 24.3 Å². The van der Waals surface area contributed by atoms with Crippen LogP contribution in [0.25, 0.3) is 0 Å². The summed E-state index contributed by atoms with van der Waals surface area (Å²) in [5.74, 6) is -2.13. The molecule has 1 unspecified atom stereocenters. The van der Waals surface area contributed by atoms with Gasteiger partial charge in [0.05, 0.1) is 6.54 Å². The van der Waals surface area contributed by atoms with Crippen molar-refractivity contribution in [2.75, 3.05) is 32.0 Å². The molecule has 0 aliphatic carbocycles. The van der Waals surface area contributed by atoms with Gasteiger partial charge >= 0.3 is 0 Å². The van der Waals surface area contributed by atoms with Crippen LogP contribution in [0.4, 0.5) is 14.5 Å². The van der Waals surface area contributed by atoms with E-state index in [1.807, 2.05) is 11.9 Å². The molecule has 1 atom stereocenters. The van der Waals surface area contributed by atoms with Crippen LogP contribution in [0.2, 0.25) is 0 Å². The van der Waals surface area contributed by atoms with Gasteiger partial charge in [-0.1, -0.05) is 0 Å². The van der Waals surface area contributed by atoms with Crippen molar-refractivity contribution < 1.29 is 13.6 Å². The fourth-order valence-corrected chi connectivity index (χ4v) is 2.37. The van der Waals surface area contributed by atoms with Crippen molar-refractivity contribution in [1.82, 2.24) is 10.2 Å². The topological polar surface area (TPSA) is 44.4 Å². The summed E-state index contributed by atoms with van der Waals surface area (Å²) < 4.78 is 25.8. The smallest absolute Gasteiger partial charge is 0.238 e. The van der Waals surface area contributed by atoms with Gasteiger partial charge in [-0.05, 0) is 38.6 Å². The van der Waals surface area contributed by atoms with E-state index in [0.717, 1.165) is 31.6 Å². The Balaban J connectivity index is 1.80. The minimum absolute atomic E-state index is 0.219. The number of carbonyl (C=O) groups excluding carboxylic acids is 1. The van der Waals surface area contributed by atoms with Crippen LogP contribution in [-0.2, 0) is 4.79 Å². The first-order chi connectivity index (χ1) is 9.54. The number of nitrogens with one attached hydrogen (secondary N) is 2. The lowest BCUT2D eigenvalue weighted by Gasteiger charge is -2.20. The van der Waals surface area contributed by atoms with Gasteiger partial charge in [0.2, 0.25) is 5.91 Å². The molecule has 1 aliphatic rings. The quantitative estimate of drug-likeness (QED) is 0.862. The van der Waals surface area contributed by atoms with Gasteiger partial charge in [-0.15, -0.1) is 0 Å². The molecule has 4 nitrogen and oxygen atoms in total. The number of amides is 1. The maximum atomic E-state index is 13.0. The largest absolute Gasteiger partial charge is 0.325 e. The lowest BCUT2D eigenvalue weighted by atomic mass is 10.2. The molecule has 2 rings (SSSR count). The third kappa shape index (κ3) is 4.25. The van der Waals surface area contributed by atoms with E-state index in [4.69, 9.17) is 0 Å². The van der Waals surface area contributed by atoms with Crippen molar-refractivity contribution in [3.63, 3.8) is 0 Å². The van der Waals surface area contributed by atoms with E-state index in [-0.39, 0.29) is 18.1 Å². The zero-order valence-corrected chi connectivity index (χ0v) is 11.5. The number of benzene rings is 1. The van der Waals surface area contributed by atoms with E-state index in [9.17, 15) is 13.6 Å².